The lowest BCUT2D eigenvalue weighted by Crippen LogP contribution is -2.12. The molecule has 1 aliphatic carbocycles. The van der Waals surface area contributed by atoms with Crippen LogP contribution in [0.2, 0.25) is 0 Å². The lowest BCUT2D eigenvalue weighted by Gasteiger charge is -2.19. The van der Waals surface area contributed by atoms with Gasteiger partial charge in [-0.3, -0.25) is 9.59 Å². The summed E-state index contributed by atoms with van der Waals surface area (Å²) >= 11 is 1.58. The molecule has 1 heterocycles. The van der Waals surface area contributed by atoms with Crippen LogP contribution in [0.1, 0.15) is 46.8 Å². The fourth-order valence-corrected chi connectivity index (χ4v) is 4.43. The maximum absolute atomic E-state index is 12.7. The molecule has 1 aliphatic rings. The average molecular weight is 372 g/mol. The normalized spacial score (nSPS) is 15.9. The Labute approximate surface area is 157 Å². The van der Waals surface area contributed by atoms with Crippen molar-refractivity contribution >= 4 is 34.5 Å². The molecule has 2 amide bonds. The quantitative estimate of drug-likeness (QED) is 0.813. The van der Waals surface area contributed by atoms with Crippen LogP contribution in [0.15, 0.2) is 24.3 Å². The van der Waals surface area contributed by atoms with Gasteiger partial charge in [0.2, 0.25) is 5.91 Å². The standard InChI is InChI=1S/C20H24N2O3S/c1-4-13-5-8-18-14(9-13)10-19(26-18)20(24)22-16-11-15(21-12(2)23)6-7-17(16)25-3/h6-7,10-11,13H,4-5,8-9H2,1-3H3,(H,21,23)(H,22,24). The molecule has 138 valence electrons. The highest BCUT2D eigenvalue weighted by molar-refractivity contribution is 7.14. The first-order valence-electron chi connectivity index (χ1n) is 8.88. The molecule has 0 spiro atoms. The van der Waals surface area contributed by atoms with E-state index in [4.69, 9.17) is 4.74 Å². The molecule has 0 fully saturated rings. The summed E-state index contributed by atoms with van der Waals surface area (Å²) in [6, 6.07) is 7.21. The second-order valence-electron chi connectivity index (χ2n) is 6.63. The van der Waals surface area contributed by atoms with Gasteiger partial charge in [-0.05, 0) is 55.0 Å². The third-order valence-electron chi connectivity index (χ3n) is 4.75. The molecule has 1 aromatic heterocycles. The van der Waals surface area contributed by atoms with Crippen LogP contribution in [-0.4, -0.2) is 18.9 Å². The predicted molar refractivity (Wildman–Crippen MR) is 105 cm³/mol. The summed E-state index contributed by atoms with van der Waals surface area (Å²) in [6.45, 7) is 3.67. The van der Waals surface area contributed by atoms with Crippen molar-refractivity contribution in [1.29, 1.82) is 0 Å². The van der Waals surface area contributed by atoms with Crippen LogP contribution in [0.4, 0.5) is 11.4 Å². The molecule has 26 heavy (non-hydrogen) atoms. The summed E-state index contributed by atoms with van der Waals surface area (Å²) in [7, 11) is 1.55. The Hall–Kier alpha value is -2.34. The fourth-order valence-electron chi connectivity index (χ4n) is 3.33. The van der Waals surface area contributed by atoms with Gasteiger partial charge in [0.25, 0.3) is 5.91 Å². The van der Waals surface area contributed by atoms with E-state index in [1.807, 2.05) is 6.07 Å². The van der Waals surface area contributed by atoms with Crippen LogP contribution in [0.25, 0.3) is 0 Å². The van der Waals surface area contributed by atoms with Crippen LogP contribution in [0.3, 0.4) is 0 Å². The van der Waals surface area contributed by atoms with Crippen molar-refractivity contribution in [3.05, 3.63) is 39.6 Å². The van der Waals surface area contributed by atoms with Crippen molar-refractivity contribution in [3.8, 4) is 5.75 Å². The molecule has 0 bridgehead atoms. The number of amides is 2. The fraction of sp³-hybridized carbons (Fsp3) is 0.400. The van der Waals surface area contributed by atoms with E-state index in [9.17, 15) is 9.59 Å². The van der Waals surface area contributed by atoms with E-state index in [0.717, 1.165) is 23.6 Å². The van der Waals surface area contributed by atoms with Crippen LogP contribution in [0, 0.1) is 5.92 Å². The second-order valence-corrected chi connectivity index (χ2v) is 7.76. The zero-order chi connectivity index (χ0) is 18.7. The van der Waals surface area contributed by atoms with Crippen LogP contribution in [0.5, 0.6) is 5.75 Å². The number of benzene rings is 1. The van der Waals surface area contributed by atoms with Crippen LogP contribution >= 0.6 is 11.3 Å². The van der Waals surface area contributed by atoms with Gasteiger partial charge in [-0.2, -0.15) is 0 Å². The van der Waals surface area contributed by atoms with Gasteiger partial charge in [-0.1, -0.05) is 13.3 Å². The number of ether oxygens (including phenoxy) is 1. The first kappa shape index (κ1) is 18.5. The van der Waals surface area contributed by atoms with E-state index in [1.54, 1.807) is 36.6 Å². The van der Waals surface area contributed by atoms with Gasteiger partial charge in [-0.25, -0.2) is 0 Å². The third-order valence-corrected chi connectivity index (χ3v) is 5.99. The van der Waals surface area contributed by atoms with Crippen molar-refractivity contribution in [2.24, 2.45) is 5.92 Å². The number of methoxy groups -OCH3 is 1. The molecule has 5 nitrogen and oxygen atoms in total. The number of rotatable bonds is 5. The first-order valence-corrected chi connectivity index (χ1v) is 9.70. The molecule has 1 unspecified atom stereocenters. The number of carbonyl (C=O) groups is 2. The van der Waals surface area contributed by atoms with E-state index in [0.29, 0.717) is 17.1 Å². The Kier molecular flexibility index (Phi) is 5.61. The van der Waals surface area contributed by atoms with Crippen molar-refractivity contribution < 1.29 is 14.3 Å². The Morgan fingerprint density at radius 3 is 2.77 bits per heavy atom. The summed E-state index contributed by atoms with van der Waals surface area (Å²) in [5.41, 5.74) is 2.48. The van der Waals surface area contributed by atoms with Crippen molar-refractivity contribution in [1.82, 2.24) is 0 Å². The number of aryl methyl sites for hydroxylation is 1. The highest BCUT2D eigenvalue weighted by atomic mass is 32.1. The molecule has 6 heteroatoms. The van der Waals surface area contributed by atoms with Crippen molar-refractivity contribution in [2.45, 2.75) is 39.5 Å². The molecule has 0 aliphatic heterocycles. The van der Waals surface area contributed by atoms with Gasteiger partial charge in [-0.15, -0.1) is 11.3 Å². The maximum atomic E-state index is 12.7. The summed E-state index contributed by atoms with van der Waals surface area (Å²) < 4.78 is 5.33. The minimum atomic E-state index is -0.163. The Bertz CT molecular complexity index is 828. The van der Waals surface area contributed by atoms with Gasteiger partial charge < -0.3 is 15.4 Å². The molecule has 0 radical (unpaired) electrons. The van der Waals surface area contributed by atoms with E-state index in [-0.39, 0.29) is 11.8 Å². The summed E-state index contributed by atoms with van der Waals surface area (Å²) in [5, 5.41) is 5.64. The largest absolute Gasteiger partial charge is 0.495 e. The SMILES string of the molecule is CCC1CCc2sc(C(=O)Nc3cc(NC(C)=O)ccc3OC)cc2C1. The van der Waals surface area contributed by atoms with Gasteiger partial charge in [0.15, 0.2) is 0 Å². The monoisotopic (exact) mass is 372 g/mol. The van der Waals surface area contributed by atoms with E-state index >= 15 is 0 Å². The molecule has 3 rings (SSSR count). The summed E-state index contributed by atoms with van der Waals surface area (Å²) in [5.74, 6) is 0.974. The van der Waals surface area contributed by atoms with Crippen molar-refractivity contribution in [3.63, 3.8) is 0 Å². The van der Waals surface area contributed by atoms with E-state index in [1.165, 1.54) is 30.2 Å². The summed E-state index contributed by atoms with van der Waals surface area (Å²) in [6.07, 6.45) is 4.52. The van der Waals surface area contributed by atoms with Crippen LogP contribution < -0.4 is 15.4 Å². The highest BCUT2D eigenvalue weighted by Gasteiger charge is 2.22. The number of anilines is 2. The Morgan fingerprint density at radius 2 is 2.08 bits per heavy atom. The molecule has 0 saturated carbocycles. The van der Waals surface area contributed by atoms with E-state index in [2.05, 4.69) is 17.6 Å². The highest BCUT2D eigenvalue weighted by Crippen LogP contribution is 2.34. The minimum Gasteiger partial charge on any atom is -0.495 e. The number of carbonyl (C=O) groups excluding carboxylic acids is 2. The Balaban J connectivity index is 1.79. The predicted octanol–water partition coefficient (Wildman–Crippen LogP) is 4.48. The number of hydrogen-bond donors (Lipinski definition) is 2. The Morgan fingerprint density at radius 1 is 1.27 bits per heavy atom. The van der Waals surface area contributed by atoms with Gasteiger partial charge in [0.1, 0.15) is 5.75 Å². The lowest BCUT2D eigenvalue weighted by molar-refractivity contribution is -0.114. The third kappa shape index (κ3) is 4.07. The number of thiophene rings is 1. The lowest BCUT2D eigenvalue weighted by atomic mass is 9.87. The molecular formula is C20H24N2O3S. The molecular weight excluding hydrogens is 348 g/mol. The smallest absolute Gasteiger partial charge is 0.265 e. The molecule has 0 saturated heterocycles. The number of fused-ring (bicyclic) bond motifs is 1. The molecule has 2 N–H and O–H groups in total. The number of nitrogens with one attached hydrogen (secondary N) is 2. The molecule has 1 aromatic carbocycles. The van der Waals surface area contributed by atoms with Crippen LogP contribution in [-0.2, 0) is 17.6 Å². The van der Waals surface area contributed by atoms with Gasteiger partial charge in [0, 0.05) is 17.5 Å². The van der Waals surface area contributed by atoms with Gasteiger partial charge in [0.05, 0.1) is 17.7 Å². The molecule has 1 atom stereocenters. The average Bonchev–Trinajstić information content (AvgIpc) is 3.04. The number of hydrogen-bond acceptors (Lipinski definition) is 4. The molecule has 2 aromatic rings. The first-order chi connectivity index (χ1) is 12.5. The second kappa shape index (κ2) is 7.91. The van der Waals surface area contributed by atoms with Crippen molar-refractivity contribution in [2.75, 3.05) is 17.7 Å². The zero-order valence-electron chi connectivity index (χ0n) is 15.3. The maximum Gasteiger partial charge on any atom is 0.265 e. The zero-order valence-corrected chi connectivity index (χ0v) is 16.2. The minimum absolute atomic E-state index is 0.143. The topological polar surface area (TPSA) is 67.4 Å². The summed E-state index contributed by atoms with van der Waals surface area (Å²) in [4.78, 5) is 26.1. The van der Waals surface area contributed by atoms with Gasteiger partial charge >= 0.3 is 0 Å². The van der Waals surface area contributed by atoms with E-state index < -0.39 is 0 Å².